The molecule has 0 radical (unpaired) electrons. The van der Waals surface area contributed by atoms with Crippen LogP contribution >= 0.6 is 0 Å². The van der Waals surface area contributed by atoms with E-state index in [1.165, 1.54) is 250 Å². The average molecular weight is 1110 g/mol. The first-order valence-electron chi connectivity index (χ1n) is 33.6. The summed E-state index contributed by atoms with van der Waals surface area (Å²) in [7, 11) is 0. The Labute approximate surface area is 480 Å². The van der Waals surface area contributed by atoms with Gasteiger partial charge in [-0.1, -0.05) is 295 Å². The molecule has 0 aliphatic carbocycles. The first-order valence-corrected chi connectivity index (χ1v) is 33.6. The Bertz CT molecular complexity index is 1350. The second kappa shape index (κ2) is 57.0. The molecule has 0 aromatic heterocycles. The van der Waals surface area contributed by atoms with Crippen LogP contribution in [-0.2, 0) is 23.8 Å². The molecule has 1 amide bonds. The molecule has 1 saturated heterocycles. The first kappa shape index (κ1) is 74.2. The number of nitrogens with one attached hydrogen (secondary N) is 1. The average Bonchev–Trinajstić information content (AvgIpc) is 3.44. The molecule has 0 spiro atoms. The van der Waals surface area contributed by atoms with Crippen LogP contribution in [0, 0.1) is 0 Å². The summed E-state index contributed by atoms with van der Waals surface area (Å²) in [6, 6.07) is -0.823. The van der Waals surface area contributed by atoms with E-state index in [0.717, 1.165) is 51.4 Å². The van der Waals surface area contributed by atoms with E-state index in [4.69, 9.17) is 14.2 Å². The molecule has 0 aromatic rings. The summed E-state index contributed by atoms with van der Waals surface area (Å²) in [5.41, 5.74) is 0. The molecule has 11 heteroatoms. The fraction of sp³-hybridized carbons (Fsp3) is 0.910. The largest absolute Gasteiger partial charge is 0.466 e. The fourth-order valence-corrected chi connectivity index (χ4v) is 10.7. The number of allylic oxidation sites excluding steroid dienone is 3. The Balaban J connectivity index is 1.94. The van der Waals surface area contributed by atoms with Gasteiger partial charge in [-0.3, -0.25) is 9.59 Å². The quantitative estimate of drug-likeness (QED) is 0.0195. The minimum absolute atomic E-state index is 0.0105. The van der Waals surface area contributed by atoms with Gasteiger partial charge in [0.05, 0.1) is 32.0 Å². The third kappa shape index (κ3) is 45.7. The van der Waals surface area contributed by atoms with Crippen molar-refractivity contribution >= 4 is 11.9 Å². The smallest absolute Gasteiger partial charge is 0.305 e. The van der Waals surface area contributed by atoms with Crippen LogP contribution in [0.4, 0.5) is 0 Å². The highest BCUT2D eigenvalue weighted by Crippen LogP contribution is 2.23. The first-order chi connectivity index (χ1) is 38.2. The van der Waals surface area contributed by atoms with Gasteiger partial charge in [0.1, 0.15) is 24.4 Å². The van der Waals surface area contributed by atoms with Crippen LogP contribution in [0.25, 0.3) is 0 Å². The van der Waals surface area contributed by atoms with Crippen molar-refractivity contribution in [2.75, 3.05) is 19.8 Å². The van der Waals surface area contributed by atoms with E-state index < -0.39 is 49.5 Å². The summed E-state index contributed by atoms with van der Waals surface area (Å²) in [6.07, 6.45) is 60.3. The van der Waals surface area contributed by atoms with Gasteiger partial charge >= 0.3 is 5.97 Å². The number of esters is 1. The summed E-state index contributed by atoms with van der Waals surface area (Å²) >= 11 is 0. The number of ether oxygens (including phenoxy) is 3. The lowest BCUT2D eigenvalue weighted by Gasteiger charge is -2.40. The van der Waals surface area contributed by atoms with Gasteiger partial charge in [-0.2, -0.15) is 0 Å². The van der Waals surface area contributed by atoms with E-state index in [1.807, 2.05) is 6.08 Å². The molecular weight excluding hydrogens is 979 g/mol. The molecule has 1 rings (SSSR count). The maximum atomic E-state index is 13.0. The van der Waals surface area contributed by atoms with Gasteiger partial charge < -0.3 is 45.1 Å². The number of carbonyl (C=O) groups is 2. The van der Waals surface area contributed by atoms with E-state index >= 15 is 0 Å². The van der Waals surface area contributed by atoms with E-state index in [2.05, 4.69) is 31.3 Å². The maximum Gasteiger partial charge on any atom is 0.305 e. The predicted molar refractivity (Wildman–Crippen MR) is 324 cm³/mol. The zero-order valence-corrected chi connectivity index (χ0v) is 50.9. The molecule has 7 unspecified atom stereocenters. The van der Waals surface area contributed by atoms with Crippen LogP contribution < -0.4 is 5.32 Å². The van der Waals surface area contributed by atoms with Crippen molar-refractivity contribution in [1.29, 1.82) is 0 Å². The van der Waals surface area contributed by atoms with Crippen molar-refractivity contribution in [3.05, 3.63) is 24.3 Å². The number of carbonyl (C=O) groups excluding carboxylic acids is 2. The monoisotopic (exact) mass is 1110 g/mol. The summed E-state index contributed by atoms with van der Waals surface area (Å²) in [6.45, 7) is 4.32. The topological polar surface area (TPSA) is 175 Å². The minimum Gasteiger partial charge on any atom is -0.466 e. The van der Waals surface area contributed by atoms with Crippen molar-refractivity contribution in [2.45, 2.75) is 371 Å². The molecule has 460 valence electrons. The fourth-order valence-electron chi connectivity index (χ4n) is 10.7. The van der Waals surface area contributed by atoms with E-state index in [0.29, 0.717) is 19.4 Å². The van der Waals surface area contributed by atoms with Crippen LogP contribution in [0.3, 0.4) is 0 Å². The molecule has 78 heavy (non-hydrogen) atoms. The number of aliphatic hydroxyl groups is 5. The minimum atomic E-state index is -1.57. The highest BCUT2D eigenvalue weighted by Gasteiger charge is 2.44. The molecular formula is C67H127NO10. The molecule has 1 fully saturated rings. The molecule has 0 bridgehead atoms. The standard InChI is InChI=1S/C67H127NO10/c1-3-5-7-9-11-13-34-39-43-47-51-55-63(72)76-56-52-48-44-40-36-33-31-29-27-25-23-21-19-17-15-16-18-20-22-24-26-28-30-32-35-38-42-46-50-54-62(71)68-59(58-77-67-66(75)65(74)64(73)61(57-69)78-67)60(70)53-49-45-41-37-14-12-10-8-6-4-2/h14,37,49,53,59-61,64-67,69-70,73-75H,3-13,15-36,38-48,50-52,54-58H2,1-2H3,(H,68,71)/b37-14+,53-49+. The van der Waals surface area contributed by atoms with E-state index in [9.17, 15) is 35.1 Å². The third-order valence-corrected chi connectivity index (χ3v) is 16.1. The Kier molecular flexibility index (Phi) is 54.2. The van der Waals surface area contributed by atoms with Gasteiger partial charge in [0.15, 0.2) is 6.29 Å². The molecule has 0 aromatic carbocycles. The number of rotatable bonds is 59. The Morgan fingerprint density at radius 3 is 1.27 bits per heavy atom. The molecule has 1 aliphatic rings. The number of unbranched alkanes of at least 4 members (excludes halogenated alkanes) is 43. The zero-order valence-electron chi connectivity index (χ0n) is 50.9. The van der Waals surface area contributed by atoms with Gasteiger partial charge in [-0.15, -0.1) is 0 Å². The summed E-state index contributed by atoms with van der Waals surface area (Å²) in [4.78, 5) is 25.0. The summed E-state index contributed by atoms with van der Waals surface area (Å²) in [5, 5.41) is 54.3. The van der Waals surface area contributed by atoms with E-state index in [1.54, 1.807) is 6.08 Å². The molecule has 6 N–H and O–H groups in total. The molecule has 1 aliphatic heterocycles. The van der Waals surface area contributed by atoms with Crippen molar-refractivity contribution in [2.24, 2.45) is 0 Å². The number of hydrogen-bond donors (Lipinski definition) is 6. The van der Waals surface area contributed by atoms with E-state index in [-0.39, 0.29) is 18.5 Å². The van der Waals surface area contributed by atoms with Gasteiger partial charge in [0.2, 0.25) is 5.91 Å². The highest BCUT2D eigenvalue weighted by molar-refractivity contribution is 5.76. The van der Waals surface area contributed by atoms with Gasteiger partial charge in [0, 0.05) is 12.8 Å². The van der Waals surface area contributed by atoms with Gasteiger partial charge in [-0.05, 0) is 44.9 Å². The van der Waals surface area contributed by atoms with Crippen molar-refractivity contribution in [3.8, 4) is 0 Å². The zero-order chi connectivity index (χ0) is 56.6. The van der Waals surface area contributed by atoms with Crippen LogP contribution in [-0.4, -0.2) is 100 Å². The normalized spacial score (nSPS) is 18.6. The molecule has 7 atom stereocenters. The number of aliphatic hydroxyl groups excluding tert-OH is 5. The van der Waals surface area contributed by atoms with Crippen molar-refractivity contribution in [3.63, 3.8) is 0 Å². The predicted octanol–water partition coefficient (Wildman–Crippen LogP) is 16.5. The van der Waals surface area contributed by atoms with Crippen LogP contribution in [0.2, 0.25) is 0 Å². The Hall–Kier alpha value is -1.86. The molecule has 1 heterocycles. The lowest BCUT2D eigenvalue weighted by atomic mass is 9.99. The van der Waals surface area contributed by atoms with Gasteiger partial charge in [-0.25, -0.2) is 0 Å². The molecule has 0 saturated carbocycles. The summed E-state index contributed by atoms with van der Waals surface area (Å²) in [5.74, 6) is -0.178. The van der Waals surface area contributed by atoms with Crippen LogP contribution in [0.15, 0.2) is 24.3 Å². The van der Waals surface area contributed by atoms with Crippen LogP contribution in [0.1, 0.15) is 328 Å². The lowest BCUT2D eigenvalue weighted by Crippen LogP contribution is -2.60. The Morgan fingerprint density at radius 1 is 0.462 bits per heavy atom. The van der Waals surface area contributed by atoms with Crippen LogP contribution in [0.5, 0.6) is 0 Å². The Morgan fingerprint density at radius 2 is 0.833 bits per heavy atom. The molecule has 11 nitrogen and oxygen atoms in total. The maximum absolute atomic E-state index is 13.0. The second-order valence-electron chi connectivity index (χ2n) is 23.5. The van der Waals surface area contributed by atoms with Gasteiger partial charge in [0.25, 0.3) is 0 Å². The highest BCUT2D eigenvalue weighted by atomic mass is 16.7. The number of amides is 1. The van der Waals surface area contributed by atoms with Crippen molar-refractivity contribution in [1.82, 2.24) is 5.32 Å². The summed E-state index contributed by atoms with van der Waals surface area (Å²) < 4.78 is 16.7. The SMILES string of the molecule is CCCCCC/C=C/CC/C=C/C(O)C(COC1OC(CO)C(O)C(O)C1O)NC(=O)CCCCCCCCCCCCCCCCCCCCCCCCCCCCCCCOC(=O)CCCCCCCCCCCCC. The third-order valence-electron chi connectivity index (χ3n) is 16.1. The van der Waals surface area contributed by atoms with Crippen molar-refractivity contribution < 1.29 is 49.3 Å². The second-order valence-corrected chi connectivity index (χ2v) is 23.5. The number of hydrogen-bond acceptors (Lipinski definition) is 10. The lowest BCUT2D eigenvalue weighted by molar-refractivity contribution is -0.302.